The first-order valence-electron chi connectivity index (χ1n) is 11.4. The number of hydroxylamine groups is 2. The van der Waals surface area contributed by atoms with E-state index in [4.69, 9.17) is 4.84 Å². The van der Waals surface area contributed by atoms with Crippen LogP contribution in [0.15, 0.2) is 30.7 Å². The third-order valence-corrected chi connectivity index (χ3v) is 6.67. The second-order valence-electron chi connectivity index (χ2n) is 9.14. The molecule has 1 aliphatic carbocycles. The van der Waals surface area contributed by atoms with Crippen LogP contribution in [0, 0.1) is 31.5 Å². The maximum Gasteiger partial charge on any atom is 0.249 e. The molecule has 168 valence electrons. The summed E-state index contributed by atoms with van der Waals surface area (Å²) >= 11 is 0. The molecular formula is C24H28FN5O2. The minimum Gasteiger partial charge on any atom is -0.272 e. The van der Waals surface area contributed by atoms with Crippen molar-refractivity contribution in [3.63, 3.8) is 0 Å². The van der Waals surface area contributed by atoms with E-state index in [9.17, 15) is 9.18 Å². The lowest BCUT2D eigenvalue weighted by Crippen LogP contribution is -2.36. The number of nitrogens with zero attached hydrogens (tertiary/aromatic N) is 5. The highest BCUT2D eigenvalue weighted by molar-refractivity contribution is 5.78. The molecule has 0 radical (unpaired) electrons. The molecule has 8 heteroatoms. The van der Waals surface area contributed by atoms with Gasteiger partial charge in [0.05, 0.1) is 12.6 Å². The molecule has 0 N–H and O–H groups in total. The van der Waals surface area contributed by atoms with Gasteiger partial charge in [-0.15, -0.1) is 0 Å². The van der Waals surface area contributed by atoms with E-state index in [2.05, 4.69) is 21.1 Å². The lowest BCUT2D eigenvalue weighted by molar-refractivity contribution is -0.183. The van der Waals surface area contributed by atoms with Crippen molar-refractivity contribution in [1.29, 1.82) is 0 Å². The molecule has 1 atom stereocenters. The number of hydrogen-bond donors (Lipinski definition) is 0. The molecule has 1 saturated carbocycles. The third-order valence-electron chi connectivity index (χ3n) is 6.67. The normalized spacial score (nSPS) is 23.7. The van der Waals surface area contributed by atoms with Crippen molar-refractivity contribution in [3.05, 3.63) is 59.1 Å². The van der Waals surface area contributed by atoms with E-state index < -0.39 is 0 Å². The number of pyridine rings is 2. The Morgan fingerprint density at radius 2 is 1.97 bits per heavy atom. The molecule has 3 aromatic rings. The number of amides is 1. The predicted octanol–water partition coefficient (Wildman–Crippen LogP) is 4.13. The summed E-state index contributed by atoms with van der Waals surface area (Å²) in [5.41, 5.74) is 3.30. The van der Waals surface area contributed by atoms with Crippen molar-refractivity contribution in [3.8, 4) is 0 Å². The second kappa shape index (κ2) is 8.58. The molecule has 0 aromatic carbocycles. The summed E-state index contributed by atoms with van der Waals surface area (Å²) in [4.78, 5) is 27.4. The second-order valence-corrected chi connectivity index (χ2v) is 9.14. The van der Waals surface area contributed by atoms with Crippen LogP contribution in [0.5, 0.6) is 0 Å². The number of rotatable bonds is 4. The monoisotopic (exact) mass is 437 g/mol. The number of halogens is 1. The zero-order valence-corrected chi connectivity index (χ0v) is 18.5. The summed E-state index contributed by atoms with van der Waals surface area (Å²) in [6.45, 7) is 4.32. The van der Waals surface area contributed by atoms with Crippen LogP contribution in [-0.4, -0.2) is 37.2 Å². The Balaban J connectivity index is 1.21. The highest BCUT2D eigenvalue weighted by atomic mass is 19.1. The Hall–Kier alpha value is -2.87. The Kier molecular flexibility index (Phi) is 5.63. The molecular weight excluding hydrogens is 409 g/mol. The van der Waals surface area contributed by atoms with Gasteiger partial charge in [0.15, 0.2) is 11.5 Å². The van der Waals surface area contributed by atoms with Crippen molar-refractivity contribution in [2.75, 3.05) is 6.61 Å². The van der Waals surface area contributed by atoms with E-state index >= 15 is 0 Å². The van der Waals surface area contributed by atoms with Gasteiger partial charge in [0.1, 0.15) is 5.82 Å². The van der Waals surface area contributed by atoms with Crippen molar-refractivity contribution in [1.82, 2.24) is 24.6 Å². The van der Waals surface area contributed by atoms with Crippen LogP contribution < -0.4 is 0 Å². The van der Waals surface area contributed by atoms with Crippen molar-refractivity contribution in [2.24, 2.45) is 11.8 Å². The highest BCUT2D eigenvalue weighted by Gasteiger charge is 2.37. The smallest absolute Gasteiger partial charge is 0.249 e. The summed E-state index contributed by atoms with van der Waals surface area (Å²) in [5, 5.41) is 5.84. The molecule has 5 rings (SSSR count). The first-order valence-corrected chi connectivity index (χ1v) is 11.4. The van der Waals surface area contributed by atoms with Gasteiger partial charge < -0.3 is 0 Å². The average Bonchev–Trinajstić information content (AvgIpc) is 3.40. The number of fused-ring (bicyclic) bond motifs is 1. The predicted molar refractivity (Wildman–Crippen MR) is 116 cm³/mol. The maximum absolute atomic E-state index is 14.4. The van der Waals surface area contributed by atoms with Crippen LogP contribution in [0.2, 0.25) is 0 Å². The van der Waals surface area contributed by atoms with Gasteiger partial charge in [-0.05, 0) is 74.6 Å². The Labute approximate surface area is 186 Å². The molecule has 7 nitrogen and oxygen atoms in total. The van der Waals surface area contributed by atoms with Gasteiger partial charge in [0, 0.05) is 30.9 Å². The van der Waals surface area contributed by atoms with E-state index in [1.54, 1.807) is 18.1 Å². The largest absolute Gasteiger partial charge is 0.272 e. The lowest BCUT2D eigenvalue weighted by atomic mass is 9.79. The SMILES string of the molecule is Cc1cncc([C@@H]2CCON2C(=O)C2CCC(Cc3cc(F)c4nc(C)nn4c3)CC2)c1. The summed E-state index contributed by atoms with van der Waals surface area (Å²) in [7, 11) is 0. The number of aryl methyl sites for hydroxylation is 2. The molecule has 1 amide bonds. The molecule has 32 heavy (non-hydrogen) atoms. The van der Waals surface area contributed by atoms with E-state index in [0.717, 1.165) is 55.2 Å². The van der Waals surface area contributed by atoms with E-state index in [-0.39, 0.29) is 29.3 Å². The van der Waals surface area contributed by atoms with Crippen molar-refractivity contribution < 1.29 is 14.0 Å². The number of carbonyl (C=O) groups is 1. The van der Waals surface area contributed by atoms with Crippen molar-refractivity contribution in [2.45, 2.75) is 58.4 Å². The van der Waals surface area contributed by atoms with Gasteiger partial charge in [-0.25, -0.2) is 19.0 Å². The fraction of sp³-hybridized carbons (Fsp3) is 0.500. The van der Waals surface area contributed by atoms with Crippen LogP contribution >= 0.6 is 0 Å². The van der Waals surface area contributed by atoms with Gasteiger partial charge >= 0.3 is 0 Å². The summed E-state index contributed by atoms with van der Waals surface area (Å²) in [6, 6.07) is 3.59. The standard InChI is InChI=1S/C24H28FN5O2/c1-15-9-20(13-26-12-15)22-7-8-32-30(22)24(31)19-5-3-17(4-6-19)10-18-11-21(25)23-27-16(2)28-29(23)14-18/h9,11-14,17,19,22H,3-8,10H2,1-2H3/t17?,19?,22-/m0/s1. The molecule has 0 unspecified atom stereocenters. The zero-order valence-electron chi connectivity index (χ0n) is 18.5. The van der Waals surface area contributed by atoms with Crippen LogP contribution in [0.4, 0.5) is 4.39 Å². The Morgan fingerprint density at radius 3 is 2.75 bits per heavy atom. The zero-order chi connectivity index (χ0) is 22.2. The van der Waals surface area contributed by atoms with Crippen LogP contribution in [-0.2, 0) is 16.1 Å². The van der Waals surface area contributed by atoms with Crippen LogP contribution in [0.3, 0.4) is 0 Å². The van der Waals surface area contributed by atoms with Crippen LogP contribution in [0.25, 0.3) is 5.65 Å². The third kappa shape index (κ3) is 4.11. The summed E-state index contributed by atoms with van der Waals surface area (Å²) in [6.07, 6.45) is 10.6. The molecule has 3 aromatic heterocycles. The maximum atomic E-state index is 14.4. The quantitative estimate of drug-likeness (QED) is 0.614. The molecule has 0 bridgehead atoms. The fourth-order valence-electron chi connectivity index (χ4n) is 5.09. The first-order chi connectivity index (χ1) is 15.5. The minimum absolute atomic E-state index is 0.0261. The Bertz CT molecular complexity index is 1140. The minimum atomic E-state index is -0.338. The van der Waals surface area contributed by atoms with Gasteiger partial charge in [-0.2, -0.15) is 5.10 Å². The number of carbonyl (C=O) groups excluding carboxylic acids is 1. The average molecular weight is 438 g/mol. The van der Waals surface area contributed by atoms with E-state index in [0.29, 0.717) is 18.3 Å². The Morgan fingerprint density at radius 1 is 1.16 bits per heavy atom. The molecule has 2 aliphatic rings. The van der Waals surface area contributed by atoms with Gasteiger partial charge in [0.2, 0.25) is 5.91 Å². The fourth-order valence-corrected chi connectivity index (χ4v) is 5.09. The van der Waals surface area contributed by atoms with E-state index in [1.165, 1.54) is 4.52 Å². The van der Waals surface area contributed by atoms with Gasteiger partial charge in [0.25, 0.3) is 0 Å². The molecule has 1 aliphatic heterocycles. The molecule has 2 fully saturated rings. The van der Waals surface area contributed by atoms with E-state index in [1.807, 2.05) is 25.5 Å². The molecule has 0 spiro atoms. The topological polar surface area (TPSA) is 72.6 Å². The number of hydrogen-bond acceptors (Lipinski definition) is 5. The molecule has 1 saturated heterocycles. The summed E-state index contributed by atoms with van der Waals surface area (Å²) in [5.74, 6) is 0.704. The highest BCUT2D eigenvalue weighted by Crippen LogP contribution is 2.37. The van der Waals surface area contributed by atoms with Gasteiger partial charge in [-0.1, -0.05) is 6.07 Å². The summed E-state index contributed by atoms with van der Waals surface area (Å²) < 4.78 is 15.9. The van der Waals surface area contributed by atoms with Gasteiger partial charge in [-0.3, -0.25) is 14.6 Å². The first kappa shape index (κ1) is 21.0. The molecule has 4 heterocycles. The van der Waals surface area contributed by atoms with Crippen molar-refractivity contribution >= 4 is 11.6 Å². The number of aromatic nitrogens is 4. The van der Waals surface area contributed by atoms with Crippen LogP contribution in [0.1, 0.15) is 60.7 Å². The lowest BCUT2D eigenvalue weighted by Gasteiger charge is -2.32.